The average molecular weight is 213 g/mol. The van der Waals surface area contributed by atoms with E-state index in [2.05, 4.69) is 5.32 Å². The van der Waals surface area contributed by atoms with E-state index in [1.807, 2.05) is 7.05 Å². The molecule has 1 saturated heterocycles. The van der Waals surface area contributed by atoms with Crippen LogP contribution in [0.25, 0.3) is 0 Å². The lowest BCUT2D eigenvalue weighted by Crippen LogP contribution is -2.57. The highest BCUT2D eigenvalue weighted by Crippen LogP contribution is 2.10. The summed E-state index contributed by atoms with van der Waals surface area (Å²) >= 11 is 0. The second-order valence-corrected chi connectivity index (χ2v) is 3.91. The first-order valence-electron chi connectivity index (χ1n) is 5.27. The minimum Gasteiger partial charge on any atom is -0.335 e. The Morgan fingerprint density at radius 1 is 1.47 bits per heavy atom. The van der Waals surface area contributed by atoms with Crippen molar-refractivity contribution < 1.29 is 9.59 Å². The largest absolute Gasteiger partial charge is 0.335 e. The van der Waals surface area contributed by atoms with E-state index < -0.39 is 0 Å². The number of amides is 2. The highest BCUT2D eigenvalue weighted by Gasteiger charge is 2.33. The molecule has 1 aliphatic heterocycles. The fourth-order valence-corrected chi connectivity index (χ4v) is 1.78. The van der Waals surface area contributed by atoms with Crippen molar-refractivity contribution >= 4 is 11.8 Å². The van der Waals surface area contributed by atoms with Crippen molar-refractivity contribution in [2.45, 2.75) is 19.4 Å². The van der Waals surface area contributed by atoms with Gasteiger partial charge in [0.2, 0.25) is 11.8 Å². The predicted molar refractivity (Wildman–Crippen MR) is 57.4 cm³/mol. The summed E-state index contributed by atoms with van der Waals surface area (Å²) in [6, 6.07) is -0.312. The van der Waals surface area contributed by atoms with Crippen LogP contribution in [0, 0.1) is 0 Å². The van der Waals surface area contributed by atoms with Crippen molar-refractivity contribution in [1.29, 1.82) is 0 Å². The van der Waals surface area contributed by atoms with Gasteiger partial charge in [-0.25, -0.2) is 0 Å². The van der Waals surface area contributed by atoms with Gasteiger partial charge >= 0.3 is 0 Å². The molecule has 1 fully saturated rings. The van der Waals surface area contributed by atoms with Crippen LogP contribution in [-0.2, 0) is 9.59 Å². The molecular weight excluding hydrogens is 194 g/mol. The molecule has 0 aromatic heterocycles. The number of carbonyl (C=O) groups is 2. The van der Waals surface area contributed by atoms with Crippen LogP contribution >= 0.6 is 0 Å². The average Bonchev–Trinajstić information content (AvgIpc) is 2.20. The molecular formula is C10H19N3O2. The maximum Gasteiger partial charge on any atom is 0.245 e. The van der Waals surface area contributed by atoms with Gasteiger partial charge in [0, 0.05) is 13.6 Å². The lowest BCUT2D eigenvalue weighted by Gasteiger charge is -2.37. The summed E-state index contributed by atoms with van der Waals surface area (Å²) in [4.78, 5) is 26.5. The number of carbonyl (C=O) groups excluding carboxylic acids is 2. The highest BCUT2D eigenvalue weighted by atomic mass is 16.2. The lowest BCUT2D eigenvalue weighted by molar-refractivity contribution is -0.153. The van der Waals surface area contributed by atoms with Crippen LogP contribution in [0.3, 0.4) is 0 Å². The van der Waals surface area contributed by atoms with E-state index in [4.69, 9.17) is 0 Å². The summed E-state index contributed by atoms with van der Waals surface area (Å²) in [7, 11) is 3.54. The summed E-state index contributed by atoms with van der Waals surface area (Å²) in [5.41, 5.74) is 0. The number of hydrogen-bond acceptors (Lipinski definition) is 3. The van der Waals surface area contributed by atoms with E-state index in [0.29, 0.717) is 6.54 Å². The van der Waals surface area contributed by atoms with Crippen molar-refractivity contribution in [3.8, 4) is 0 Å². The number of piperazine rings is 1. The fraction of sp³-hybridized carbons (Fsp3) is 0.800. The second kappa shape index (κ2) is 5.11. The van der Waals surface area contributed by atoms with Gasteiger partial charge < -0.3 is 15.1 Å². The highest BCUT2D eigenvalue weighted by molar-refractivity contribution is 5.94. The van der Waals surface area contributed by atoms with Crippen molar-refractivity contribution in [2.75, 3.05) is 33.7 Å². The summed E-state index contributed by atoms with van der Waals surface area (Å²) in [5, 5.41) is 3.02. The third-order valence-electron chi connectivity index (χ3n) is 2.72. The molecule has 5 nitrogen and oxygen atoms in total. The van der Waals surface area contributed by atoms with Gasteiger partial charge in [0.15, 0.2) is 0 Å². The zero-order valence-corrected chi connectivity index (χ0v) is 9.62. The standard InChI is InChI=1S/C10H19N3O2/c1-8-10(15)12(3)7-9(14)13(8)6-4-5-11-2/h8,11H,4-7H2,1-3H3. The monoisotopic (exact) mass is 213 g/mol. The summed E-state index contributed by atoms with van der Waals surface area (Å²) in [6.07, 6.45) is 0.879. The van der Waals surface area contributed by atoms with Gasteiger partial charge in [0.25, 0.3) is 0 Å². The maximum absolute atomic E-state index is 11.7. The summed E-state index contributed by atoms with van der Waals surface area (Å²) in [6.45, 7) is 3.51. The van der Waals surface area contributed by atoms with Crippen molar-refractivity contribution in [2.24, 2.45) is 0 Å². The zero-order chi connectivity index (χ0) is 11.4. The molecule has 1 rings (SSSR count). The van der Waals surface area contributed by atoms with Crippen LogP contribution in [0.15, 0.2) is 0 Å². The normalized spacial score (nSPS) is 22.5. The quantitative estimate of drug-likeness (QED) is 0.627. The Kier molecular flexibility index (Phi) is 4.08. The smallest absolute Gasteiger partial charge is 0.245 e. The summed E-state index contributed by atoms with van der Waals surface area (Å²) in [5.74, 6) is 0.0692. The van der Waals surface area contributed by atoms with Crippen molar-refractivity contribution in [3.05, 3.63) is 0 Å². The summed E-state index contributed by atoms with van der Waals surface area (Å²) < 4.78 is 0. The molecule has 1 atom stereocenters. The Bertz CT molecular complexity index is 255. The number of rotatable bonds is 4. The Hall–Kier alpha value is -1.10. The molecule has 0 bridgehead atoms. The molecule has 0 aromatic rings. The van der Waals surface area contributed by atoms with Gasteiger partial charge in [-0.1, -0.05) is 0 Å². The van der Waals surface area contributed by atoms with E-state index >= 15 is 0 Å². The molecule has 0 radical (unpaired) electrons. The van der Waals surface area contributed by atoms with Crippen LogP contribution in [0.2, 0.25) is 0 Å². The molecule has 5 heteroatoms. The molecule has 15 heavy (non-hydrogen) atoms. The molecule has 0 aliphatic carbocycles. The topological polar surface area (TPSA) is 52.7 Å². The molecule has 86 valence electrons. The van der Waals surface area contributed by atoms with Crippen LogP contribution in [-0.4, -0.2) is 61.4 Å². The van der Waals surface area contributed by atoms with Gasteiger partial charge in [-0.3, -0.25) is 9.59 Å². The Labute approximate surface area is 90.4 Å². The zero-order valence-electron chi connectivity index (χ0n) is 9.62. The number of likely N-dealkylation sites (N-methyl/N-ethyl adjacent to an activating group) is 1. The number of hydrogen-bond donors (Lipinski definition) is 1. The van der Waals surface area contributed by atoms with Crippen LogP contribution in [0.4, 0.5) is 0 Å². The van der Waals surface area contributed by atoms with Crippen molar-refractivity contribution in [3.63, 3.8) is 0 Å². The first-order valence-corrected chi connectivity index (χ1v) is 5.27. The lowest BCUT2D eigenvalue weighted by atomic mass is 10.1. The van der Waals surface area contributed by atoms with Gasteiger partial charge in [-0.15, -0.1) is 0 Å². The fourth-order valence-electron chi connectivity index (χ4n) is 1.78. The second-order valence-electron chi connectivity index (χ2n) is 3.91. The van der Waals surface area contributed by atoms with Gasteiger partial charge in [-0.2, -0.15) is 0 Å². The number of nitrogens with one attached hydrogen (secondary N) is 1. The van der Waals surface area contributed by atoms with Crippen LogP contribution < -0.4 is 5.32 Å². The van der Waals surface area contributed by atoms with E-state index in [0.717, 1.165) is 13.0 Å². The molecule has 1 aliphatic rings. The van der Waals surface area contributed by atoms with E-state index in [-0.39, 0.29) is 24.4 Å². The SMILES string of the molecule is CNCCCN1C(=O)CN(C)C(=O)C1C. The molecule has 0 spiro atoms. The number of nitrogens with zero attached hydrogens (tertiary/aromatic N) is 2. The Balaban J connectivity index is 2.54. The predicted octanol–water partition coefficient (Wildman–Crippen LogP) is -0.715. The molecule has 1 heterocycles. The van der Waals surface area contributed by atoms with E-state index in [9.17, 15) is 9.59 Å². The maximum atomic E-state index is 11.7. The minimum atomic E-state index is -0.312. The first kappa shape index (κ1) is 12.0. The Morgan fingerprint density at radius 3 is 2.73 bits per heavy atom. The van der Waals surface area contributed by atoms with E-state index in [1.165, 1.54) is 4.90 Å². The van der Waals surface area contributed by atoms with Crippen molar-refractivity contribution in [1.82, 2.24) is 15.1 Å². The third-order valence-corrected chi connectivity index (χ3v) is 2.72. The van der Waals surface area contributed by atoms with Gasteiger partial charge in [0.05, 0.1) is 6.54 Å². The van der Waals surface area contributed by atoms with E-state index in [1.54, 1.807) is 18.9 Å². The first-order chi connectivity index (χ1) is 7.07. The molecule has 0 aromatic carbocycles. The molecule has 1 N–H and O–H groups in total. The van der Waals surface area contributed by atoms with Gasteiger partial charge in [-0.05, 0) is 26.9 Å². The van der Waals surface area contributed by atoms with Crippen LogP contribution in [0.5, 0.6) is 0 Å². The molecule has 1 unspecified atom stereocenters. The third kappa shape index (κ3) is 2.68. The minimum absolute atomic E-state index is 0.0269. The Morgan fingerprint density at radius 2 is 2.13 bits per heavy atom. The van der Waals surface area contributed by atoms with Gasteiger partial charge in [0.1, 0.15) is 6.04 Å². The van der Waals surface area contributed by atoms with Crippen LogP contribution in [0.1, 0.15) is 13.3 Å². The molecule has 2 amide bonds. The molecule has 0 saturated carbocycles.